The first-order valence-corrected chi connectivity index (χ1v) is 5.75. The van der Waals surface area contributed by atoms with Crippen molar-refractivity contribution in [3.8, 4) is 0 Å². The Balaban J connectivity index is 1.64. The molecule has 0 aromatic heterocycles. The molecule has 1 aliphatic heterocycles. The molecule has 0 bridgehead atoms. The molecule has 2 aliphatic rings. The first kappa shape index (κ1) is 9.37. The number of hydrogen-bond acceptors (Lipinski definition) is 2. The Bertz CT molecular complexity index is 351. The van der Waals surface area contributed by atoms with Gasteiger partial charge in [0.1, 0.15) is 0 Å². The summed E-state index contributed by atoms with van der Waals surface area (Å²) in [6.07, 6.45) is 2.20. The molecule has 1 N–H and O–H groups in total. The van der Waals surface area contributed by atoms with E-state index in [0.29, 0.717) is 5.92 Å². The maximum absolute atomic E-state index is 10.1. The van der Waals surface area contributed by atoms with Crippen molar-refractivity contribution in [1.29, 1.82) is 0 Å². The third-order valence-corrected chi connectivity index (χ3v) is 3.74. The van der Waals surface area contributed by atoms with Gasteiger partial charge in [-0.2, -0.15) is 0 Å². The molecular weight excluding hydrogens is 186 g/mol. The number of piperidine rings is 1. The largest absolute Gasteiger partial charge is 0.388 e. The van der Waals surface area contributed by atoms with E-state index < -0.39 is 0 Å². The van der Waals surface area contributed by atoms with E-state index in [9.17, 15) is 5.11 Å². The van der Waals surface area contributed by atoms with Crippen LogP contribution in [0.4, 0.5) is 0 Å². The van der Waals surface area contributed by atoms with Gasteiger partial charge in [-0.25, -0.2) is 0 Å². The molecule has 2 fully saturated rings. The van der Waals surface area contributed by atoms with Crippen molar-refractivity contribution in [2.24, 2.45) is 5.92 Å². The number of hydrogen-bond donors (Lipinski definition) is 1. The molecule has 15 heavy (non-hydrogen) atoms. The number of benzene rings is 1. The maximum Gasteiger partial charge on any atom is 0.0807 e. The van der Waals surface area contributed by atoms with Crippen LogP contribution in [0.3, 0.4) is 0 Å². The average Bonchev–Trinajstić information content (AvgIpc) is 2.90. The molecule has 0 unspecified atom stereocenters. The molecule has 80 valence electrons. The van der Waals surface area contributed by atoms with Gasteiger partial charge in [-0.05, 0) is 30.9 Å². The van der Waals surface area contributed by atoms with Crippen molar-refractivity contribution in [2.45, 2.75) is 25.0 Å². The molecule has 1 saturated heterocycles. The summed E-state index contributed by atoms with van der Waals surface area (Å²) in [4.78, 5) is 2.37. The van der Waals surface area contributed by atoms with E-state index >= 15 is 0 Å². The summed E-state index contributed by atoms with van der Waals surface area (Å²) in [5.41, 5.74) is 1.02. The van der Waals surface area contributed by atoms with Gasteiger partial charge in [-0.1, -0.05) is 30.3 Å². The number of fused-ring (bicyclic) bond motifs is 1. The molecule has 1 aromatic carbocycles. The van der Waals surface area contributed by atoms with E-state index in [1.54, 1.807) is 0 Å². The minimum atomic E-state index is -0.326. The summed E-state index contributed by atoms with van der Waals surface area (Å²) in [5.74, 6) is 0.601. The quantitative estimate of drug-likeness (QED) is 0.790. The lowest BCUT2D eigenvalue weighted by atomic mass is 10.1. The van der Waals surface area contributed by atoms with Crippen LogP contribution in [0.2, 0.25) is 0 Å². The van der Waals surface area contributed by atoms with Gasteiger partial charge in [0.2, 0.25) is 0 Å². The lowest BCUT2D eigenvalue weighted by Crippen LogP contribution is -2.39. The predicted octanol–water partition coefficient (Wildman–Crippen LogP) is 1.64. The molecular formula is C13H17NO. The van der Waals surface area contributed by atoms with Crippen molar-refractivity contribution >= 4 is 0 Å². The second-order valence-electron chi connectivity index (χ2n) is 4.99. The zero-order chi connectivity index (χ0) is 10.3. The van der Waals surface area contributed by atoms with Gasteiger partial charge in [0.25, 0.3) is 0 Å². The highest BCUT2D eigenvalue weighted by Gasteiger charge is 2.55. The number of likely N-dealkylation sites (tertiary alicyclic amines) is 1. The summed E-state index contributed by atoms with van der Waals surface area (Å²) in [6, 6.07) is 10.5. The van der Waals surface area contributed by atoms with Gasteiger partial charge < -0.3 is 5.11 Å². The molecule has 0 spiro atoms. The van der Waals surface area contributed by atoms with Crippen molar-refractivity contribution in [3.05, 3.63) is 35.9 Å². The van der Waals surface area contributed by atoms with Gasteiger partial charge in [-0.15, -0.1) is 0 Å². The monoisotopic (exact) mass is 203 g/mol. The van der Waals surface area contributed by atoms with E-state index in [0.717, 1.165) is 26.1 Å². The fourth-order valence-electron chi connectivity index (χ4n) is 2.71. The predicted molar refractivity (Wildman–Crippen MR) is 59.4 cm³/mol. The highest BCUT2D eigenvalue weighted by atomic mass is 16.3. The molecule has 0 radical (unpaired) electrons. The SMILES string of the molecule is O[C@]12C[C@@H]1CCN(Cc1ccccc1)C2. The summed E-state index contributed by atoms with van der Waals surface area (Å²) in [5, 5.41) is 10.1. The summed E-state index contributed by atoms with van der Waals surface area (Å²) in [6.45, 7) is 2.99. The molecule has 3 rings (SSSR count). The van der Waals surface area contributed by atoms with Gasteiger partial charge in [0, 0.05) is 13.1 Å². The summed E-state index contributed by atoms with van der Waals surface area (Å²) in [7, 11) is 0. The van der Waals surface area contributed by atoms with E-state index in [1.165, 1.54) is 12.0 Å². The normalized spacial score (nSPS) is 34.9. The summed E-state index contributed by atoms with van der Waals surface area (Å²) < 4.78 is 0. The van der Waals surface area contributed by atoms with Crippen molar-refractivity contribution in [1.82, 2.24) is 4.90 Å². The van der Waals surface area contributed by atoms with Gasteiger partial charge >= 0.3 is 0 Å². The Hall–Kier alpha value is -0.860. The fourth-order valence-corrected chi connectivity index (χ4v) is 2.71. The van der Waals surface area contributed by atoms with E-state index in [1.807, 2.05) is 6.07 Å². The lowest BCUT2D eigenvalue weighted by molar-refractivity contribution is 0.0468. The second-order valence-corrected chi connectivity index (χ2v) is 4.99. The molecule has 1 aromatic rings. The topological polar surface area (TPSA) is 23.5 Å². The van der Waals surface area contributed by atoms with Crippen LogP contribution in [0.1, 0.15) is 18.4 Å². The maximum atomic E-state index is 10.1. The van der Waals surface area contributed by atoms with Crippen molar-refractivity contribution in [3.63, 3.8) is 0 Å². The average molecular weight is 203 g/mol. The van der Waals surface area contributed by atoms with E-state index in [2.05, 4.69) is 29.2 Å². The van der Waals surface area contributed by atoms with Crippen LogP contribution in [0.25, 0.3) is 0 Å². The first-order chi connectivity index (χ1) is 7.26. The van der Waals surface area contributed by atoms with Gasteiger partial charge in [0.05, 0.1) is 5.60 Å². The van der Waals surface area contributed by atoms with Crippen LogP contribution < -0.4 is 0 Å². The third kappa shape index (κ3) is 1.80. The smallest absolute Gasteiger partial charge is 0.0807 e. The zero-order valence-electron chi connectivity index (χ0n) is 8.89. The van der Waals surface area contributed by atoms with Gasteiger partial charge in [0.15, 0.2) is 0 Å². The molecule has 1 aliphatic carbocycles. The van der Waals surface area contributed by atoms with E-state index in [-0.39, 0.29) is 5.60 Å². The standard InChI is InChI=1S/C13H17NO/c15-13-8-12(13)6-7-14(10-13)9-11-4-2-1-3-5-11/h1-5,12,15H,6-10H2/t12-,13-/m0/s1. The summed E-state index contributed by atoms with van der Waals surface area (Å²) >= 11 is 0. The molecule has 2 nitrogen and oxygen atoms in total. The highest BCUT2D eigenvalue weighted by Crippen LogP contribution is 2.49. The molecule has 1 saturated carbocycles. The van der Waals surface area contributed by atoms with Crippen LogP contribution in [0.15, 0.2) is 30.3 Å². The Morgan fingerprint density at radius 2 is 2.13 bits per heavy atom. The van der Waals surface area contributed by atoms with Crippen LogP contribution in [0.5, 0.6) is 0 Å². The number of rotatable bonds is 2. The van der Waals surface area contributed by atoms with Gasteiger partial charge in [-0.3, -0.25) is 4.90 Å². The van der Waals surface area contributed by atoms with Crippen molar-refractivity contribution < 1.29 is 5.11 Å². The number of aliphatic hydroxyl groups is 1. The minimum absolute atomic E-state index is 0.326. The lowest BCUT2D eigenvalue weighted by Gasteiger charge is -2.29. The molecule has 0 amide bonds. The molecule has 2 atom stereocenters. The Morgan fingerprint density at radius 1 is 1.33 bits per heavy atom. The van der Waals surface area contributed by atoms with Crippen LogP contribution in [-0.4, -0.2) is 28.7 Å². The first-order valence-electron chi connectivity index (χ1n) is 5.75. The van der Waals surface area contributed by atoms with Crippen LogP contribution in [-0.2, 0) is 6.54 Å². The Kier molecular flexibility index (Phi) is 2.08. The highest BCUT2D eigenvalue weighted by molar-refractivity contribution is 5.16. The minimum Gasteiger partial charge on any atom is -0.388 e. The fraction of sp³-hybridized carbons (Fsp3) is 0.538. The molecule has 1 heterocycles. The third-order valence-electron chi connectivity index (χ3n) is 3.74. The Labute approximate surface area is 90.5 Å². The Morgan fingerprint density at radius 3 is 2.87 bits per heavy atom. The van der Waals surface area contributed by atoms with Crippen molar-refractivity contribution in [2.75, 3.05) is 13.1 Å². The van der Waals surface area contributed by atoms with Crippen LogP contribution >= 0.6 is 0 Å². The number of nitrogens with zero attached hydrogens (tertiary/aromatic N) is 1. The van der Waals surface area contributed by atoms with Crippen LogP contribution in [0, 0.1) is 5.92 Å². The number of β-amino-alcohol motifs (C(OH)–C–C–N with tert-alkyl or cyclic N) is 1. The zero-order valence-corrected chi connectivity index (χ0v) is 8.89. The molecule has 2 heteroatoms. The van der Waals surface area contributed by atoms with E-state index in [4.69, 9.17) is 0 Å². The second kappa shape index (κ2) is 3.32.